The van der Waals surface area contributed by atoms with Gasteiger partial charge in [-0.25, -0.2) is 0 Å². The van der Waals surface area contributed by atoms with E-state index in [-0.39, 0.29) is 17.6 Å². The van der Waals surface area contributed by atoms with Crippen LogP contribution in [0.5, 0.6) is 0 Å². The van der Waals surface area contributed by atoms with Crippen LogP contribution in [0.15, 0.2) is 4.99 Å². The number of nitrogens with zero attached hydrogens (tertiary/aromatic N) is 1. The zero-order valence-electron chi connectivity index (χ0n) is 24.0. The number of amides is 1. The molecular weight excluding hydrogens is 448 g/mol. The molecule has 0 aromatic rings. The van der Waals surface area contributed by atoms with Gasteiger partial charge in [0.15, 0.2) is 11.7 Å². The number of nitrogens with two attached hydrogens (primary N) is 2. The van der Waals surface area contributed by atoms with E-state index in [1.165, 1.54) is 96.3 Å². The van der Waals surface area contributed by atoms with Crippen LogP contribution in [-0.2, 0) is 9.59 Å². The van der Waals surface area contributed by atoms with Gasteiger partial charge < -0.3 is 16.8 Å². The second kappa shape index (κ2) is 26.5. The number of rotatable bonds is 27. The molecule has 0 aliphatic rings. The summed E-state index contributed by atoms with van der Waals surface area (Å²) in [5.41, 5.74) is 10.8. The first-order valence-electron chi connectivity index (χ1n) is 15.4. The Morgan fingerprint density at radius 2 is 1.03 bits per heavy atom. The summed E-state index contributed by atoms with van der Waals surface area (Å²) in [5, 5.41) is 3.02. The van der Waals surface area contributed by atoms with Crippen LogP contribution >= 0.6 is 0 Å². The monoisotopic (exact) mass is 508 g/mol. The molecule has 1 unspecified atom stereocenters. The molecule has 0 heterocycles. The summed E-state index contributed by atoms with van der Waals surface area (Å²) in [6, 6.07) is -0.413. The predicted molar refractivity (Wildman–Crippen MR) is 155 cm³/mol. The summed E-state index contributed by atoms with van der Waals surface area (Å²) < 4.78 is 0. The Labute approximate surface area is 223 Å². The maximum atomic E-state index is 12.9. The van der Waals surface area contributed by atoms with Crippen LogP contribution in [0.3, 0.4) is 0 Å². The molecule has 0 aliphatic carbocycles. The molecule has 0 saturated heterocycles. The quantitative estimate of drug-likeness (QED) is 0.0613. The standard InChI is InChI=1S/C30H60N4O2/c1-3-5-7-9-11-13-15-16-18-20-24-28(35)27(23-22-26-33-30(31)32)34-29(36)25-21-19-17-14-12-10-8-6-4-2/h27H,3-26H2,1-2H3,(H,34,36)(H4,31,32,33). The van der Waals surface area contributed by atoms with Gasteiger partial charge in [-0.15, -0.1) is 0 Å². The first kappa shape index (κ1) is 34.4. The molecule has 0 aliphatic heterocycles. The number of carbonyl (C=O) groups excluding carboxylic acids is 2. The third kappa shape index (κ3) is 24.1. The number of unbranched alkanes of at least 4 members (excludes halogenated alkanes) is 17. The average Bonchev–Trinajstić information content (AvgIpc) is 2.85. The minimum absolute atomic E-state index is 0.00112. The summed E-state index contributed by atoms with van der Waals surface area (Å²) in [6.07, 6.45) is 25.8. The van der Waals surface area contributed by atoms with Crippen molar-refractivity contribution in [2.24, 2.45) is 16.5 Å². The molecule has 0 bridgehead atoms. The smallest absolute Gasteiger partial charge is 0.220 e. The van der Waals surface area contributed by atoms with Gasteiger partial charge in [-0.2, -0.15) is 0 Å². The average molecular weight is 509 g/mol. The molecule has 212 valence electrons. The van der Waals surface area contributed by atoms with Gasteiger partial charge in [0, 0.05) is 19.4 Å². The summed E-state index contributed by atoms with van der Waals surface area (Å²) >= 11 is 0. The largest absolute Gasteiger partial charge is 0.370 e. The maximum Gasteiger partial charge on any atom is 0.220 e. The van der Waals surface area contributed by atoms with Crippen molar-refractivity contribution in [3.63, 3.8) is 0 Å². The number of hydrogen-bond donors (Lipinski definition) is 3. The molecule has 6 nitrogen and oxygen atoms in total. The Bertz CT molecular complexity index is 547. The van der Waals surface area contributed by atoms with E-state index in [2.05, 4.69) is 24.2 Å². The van der Waals surface area contributed by atoms with Crippen molar-refractivity contribution in [3.05, 3.63) is 0 Å². The number of carbonyl (C=O) groups is 2. The van der Waals surface area contributed by atoms with Gasteiger partial charge >= 0.3 is 0 Å². The van der Waals surface area contributed by atoms with Crippen molar-refractivity contribution in [2.75, 3.05) is 6.54 Å². The molecule has 0 aromatic carbocycles. The molecule has 6 heteroatoms. The van der Waals surface area contributed by atoms with Crippen LogP contribution in [0, 0.1) is 0 Å². The number of Topliss-reactive ketones (excluding diaryl/α,β-unsaturated/α-hetero) is 1. The van der Waals surface area contributed by atoms with E-state index in [0.29, 0.717) is 32.2 Å². The van der Waals surface area contributed by atoms with Gasteiger partial charge in [-0.3, -0.25) is 14.6 Å². The van der Waals surface area contributed by atoms with E-state index in [9.17, 15) is 9.59 Å². The molecule has 5 N–H and O–H groups in total. The highest BCUT2D eigenvalue weighted by atomic mass is 16.2. The van der Waals surface area contributed by atoms with Crippen molar-refractivity contribution in [2.45, 2.75) is 168 Å². The third-order valence-corrected chi connectivity index (χ3v) is 6.95. The fraction of sp³-hybridized carbons (Fsp3) is 0.900. The first-order valence-corrected chi connectivity index (χ1v) is 15.4. The fourth-order valence-corrected chi connectivity index (χ4v) is 4.64. The Morgan fingerprint density at radius 3 is 1.47 bits per heavy atom. The van der Waals surface area contributed by atoms with E-state index in [0.717, 1.165) is 25.7 Å². The molecule has 36 heavy (non-hydrogen) atoms. The van der Waals surface area contributed by atoms with Crippen LogP contribution in [0.25, 0.3) is 0 Å². The minimum Gasteiger partial charge on any atom is -0.370 e. The Morgan fingerprint density at radius 1 is 0.611 bits per heavy atom. The molecular formula is C30H60N4O2. The van der Waals surface area contributed by atoms with Crippen LogP contribution in [0.1, 0.15) is 162 Å². The van der Waals surface area contributed by atoms with Gasteiger partial charge in [0.2, 0.25) is 5.91 Å². The normalized spacial score (nSPS) is 11.8. The SMILES string of the molecule is CCCCCCCCCCCCC(=O)C(CCCN=C(N)N)NC(=O)CCCCCCCCCCC. The maximum absolute atomic E-state index is 12.9. The zero-order chi connectivity index (χ0) is 26.7. The number of hydrogen-bond acceptors (Lipinski definition) is 3. The lowest BCUT2D eigenvalue weighted by Gasteiger charge is -2.17. The van der Waals surface area contributed by atoms with E-state index >= 15 is 0 Å². The van der Waals surface area contributed by atoms with Crippen molar-refractivity contribution in [3.8, 4) is 0 Å². The van der Waals surface area contributed by atoms with Gasteiger partial charge in [-0.1, -0.05) is 123 Å². The van der Waals surface area contributed by atoms with Gasteiger partial charge in [0.1, 0.15) is 0 Å². The molecule has 0 rings (SSSR count). The topological polar surface area (TPSA) is 111 Å². The van der Waals surface area contributed by atoms with Crippen molar-refractivity contribution in [1.82, 2.24) is 5.32 Å². The lowest BCUT2D eigenvalue weighted by molar-refractivity contribution is -0.128. The number of guanidine groups is 1. The number of nitrogens with one attached hydrogen (secondary N) is 1. The number of ketones is 1. The molecule has 0 aromatic heterocycles. The molecule has 1 atom stereocenters. The Kier molecular flexibility index (Phi) is 25.3. The van der Waals surface area contributed by atoms with Crippen LogP contribution in [0.2, 0.25) is 0 Å². The third-order valence-electron chi connectivity index (χ3n) is 6.95. The summed E-state index contributed by atoms with van der Waals surface area (Å²) in [5.74, 6) is 0.221. The molecule has 0 saturated carbocycles. The summed E-state index contributed by atoms with van der Waals surface area (Å²) in [4.78, 5) is 29.4. The lowest BCUT2D eigenvalue weighted by atomic mass is 9.99. The van der Waals surface area contributed by atoms with Crippen LogP contribution < -0.4 is 16.8 Å². The highest BCUT2D eigenvalue weighted by Gasteiger charge is 2.19. The summed E-state index contributed by atoms with van der Waals surface area (Å²) in [7, 11) is 0. The Balaban J connectivity index is 4.16. The lowest BCUT2D eigenvalue weighted by Crippen LogP contribution is -2.40. The fourth-order valence-electron chi connectivity index (χ4n) is 4.64. The second-order valence-corrected chi connectivity index (χ2v) is 10.5. The van der Waals surface area contributed by atoms with Gasteiger partial charge in [0.05, 0.1) is 6.04 Å². The Hall–Kier alpha value is -1.59. The van der Waals surface area contributed by atoms with E-state index in [1.807, 2.05) is 0 Å². The van der Waals surface area contributed by atoms with Crippen molar-refractivity contribution < 1.29 is 9.59 Å². The van der Waals surface area contributed by atoms with Gasteiger partial charge in [0.25, 0.3) is 0 Å². The number of aliphatic imine (C=N–C) groups is 1. The second-order valence-electron chi connectivity index (χ2n) is 10.5. The zero-order valence-corrected chi connectivity index (χ0v) is 24.0. The van der Waals surface area contributed by atoms with Crippen molar-refractivity contribution in [1.29, 1.82) is 0 Å². The van der Waals surface area contributed by atoms with Crippen LogP contribution in [-0.4, -0.2) is 30.2 Å². The van der Waals surface area contributed by atoms with E-state index in [1.54, 1.807) is 0 Å². The predicted octanol–water partition coefficient (Wildman–Crippen LogP) is 7.33. The highest BCUT2D eigenvalue weighted by Crippen LogP contribution is 2.14. The summed E-state index contributed by atoms with van der Waals surface area (Å²) in [6.45, 7) is 4.98. The van der Waals surface area contributed by atoms with Crippen molar-refractivity contribution >= 4 is 17.6 Å². The first-order chi connectivity index (χ1) is 17.5. The van der Waals surface area contributed by atoms with Gasteiger partial charge in [-0.05, 0) is 25.7 Å². The molecule has 0 spiro atoms. The minimum atomic E-state index is -0.413. The van der Waals surface area contributed by atoms with E-state index < -0.39 is 6.04 Å². The molecule has 0 radical (unpaired) electrons. The van der Waals surface area contributed by atoms with Crippen LogP contribution in [0.4, 0.5) is 0 Å². The van der Waals surface area contributed by atoms with E-state index in [4.69, 9.17) is 11.5 Å². The molecule has 0 fully saturated rings. The highest BCUT2D eigenvalue weighted by molar-refractivity contribution is 5.89. The molecule has 1 amide bonds.